The fraction of sp³-hybridized carbons (Fsp3) is 0.111. The van der Waals surface area contributed by atoms with Gasteiger partial charge in [-0.3, -0.25) is 9.59 Å². The zero-order valence-corrected chi connectivity index (χ0v) is 11.7. The second-order valence-corrected chi connectivity index (χ2v) is 5.08. The zero-order valence-electron chi connectivity index (χ0n) is 11.7. The molecule has 0 N–H and O–H groups in total. The summed E-state index contributed by atoms with van der Waals surface area (Å²) in [6, 6.07) is 17.3. The van der Waals surface area contributed by atoms with Gasteiger partial charge in [-0.2, -0.15) is 0 Å². The number of hydrogen-bond donors (Lipinski definition) is 0. The van der Waals surface area contributed by atoms with E-state index in [0.717, 1.165) is 16.8 Å². The number of amides is 1. The molecule has 0 bridgehead atoms. The van der Waals surface area contributed by atoms with Crippen molar-refractivity contribution >= 4 is 29.0 Å². The number of carbonyl (C=O) groups is 2. The number of nitrogens with zero attached hydrogens (tertiary/aromatic N) is 1. The van der Waals surface area contributed by atoms with Crippen molar-refractivity contribution in [3.8, 4) is 0 Å². The van der Waals surface area contributed by atoms with E-state index in [0.29, 0.717) is 5.57 Å². The second kappa shape index (κ2) is 5.37. The normalized spacial score (nSPS) is 15.4. The van der Waals surface area contributed by atoms with E-state index in [9.17, 15) is 9.59 Å². The predicted octanol–water partition coefficient (Wildman–Crippen LogP) is 3.16. The molecule has 1 aliphatic heterocycles. The molecule has 3 heteroatoms. The Bertz CT molecular complexity index is 732. The quantitative estimate of drug-likeness (QED) is 0.808. The van der Waals surface area contributed by atoms with Crippen LogP contribution >= 0.6 is 0 Å². The standard InChI is InChI=1S/C18H15NO2/c1-13(20)12-19-17-10-6-5-9-15(17)16(18(19)21)11-14-7-3-2-4-8-14/h2-11H,12H2,1H3. The Balaban J connectivity index is 2.09. The Morgan fingerprint density at radius 2 is 1.71 bits per heavy atom. The molecule has 0 fully saturated rings. The van der Waals surface area contributed by atoms with Gasteiger partial charge in [0, 0.05) is 11.1 Å². The number of para-hydroxylation sites is 1. The van der Waals surface area contributed by atoms with E-state index in [-0.39, 0.29) is 18.2 Å². The first-order valence-corrected chi connectivity index (χ1v) is 6.84. The Labute approximate surface area is 123 Å². The molecule has 2 aromatic rings. The number of benzene rings is 2. The fourth-order valence-electron chi connectivity index (χ4n) is 2.54. The highest BCUT2D eigenvalue weighted by atomic mass is 16.2. The second-order valence-electron chi connectivity index (χ2n) is 5.08. The Morgan fingerprint density at radius 3 is 2.43 bits per heavy atom. The lowest BCUT2D eigenvalue weighted by Gasteiger charge is -2.14. The number of anilines is 1. The van der Waals surface area contributed by atoms with Crippen molar-refractivity contribution in [3.05, 3.63) is 65.7 Å². The summed E-state index contributed by atoms with van der Waals surface area (Å²) in [6.45, 7) is 1.61. The largest absolute Gasteiger partial charge is 0.300 e. The monoisotopic (exact) mass is 277 g/mol. The third-order valence-corrected chi connectivity index (χ3v) is 3.45. The minimum absolute atomic E-state index is 0.0286. The molecule has 1 amide bonds. The fourth-order valence-corrected chi connectivity index (χ4v) is 2.54. The van der Waals surface area contributed by atoms with Crippen LogP contribution in [-0.2, 0) is 9.59 Å². The van der Waals surface area contributed by atoms with Crippen molar-refractivity contribution < 1.29 is 9.59 Å². The first-order chi connectivity index (χ1) is 10.2. The number of Topliss-reactive ketones (excluding diaryl/α,β-unsaturated/α-hetero) is 1. The van der Waals surface area contributed by atoms with Crippen molar-refractivity contribution in [1.29, 1.82) is 0 Å². The van der Waals surface area contributed by atoms with Crippen LogP contribution in [0.15, 0.2) is 54.6 Å². The molecule has 104 valence electrons. The van der Waals surface area contributed by atoms with Gasteiger partial charge in [-0.25, -0.2) is 0 Å². The highest BCUT2D eigenvalue weighted by Gasteiger charge is 2.32. The van der Waals surface area contributed by atoms with E-state index in [2.05, 4.69) is 0 Å². The summed E-state index contributed by atoms with van der Waals surface area (Å²) < 4.78 is 0. The SMILES string of the molecule is CC(=O)CN1C(=O)C(=Cc2ccccc2)c2ccccc21. The van der Waals surface area contributed by atoms with Gasteiger partial charge in [0.2, 0.25) is 0 Å². The summed E-state index contributed by atoms with van der Waals surface area (Å²) in [5.41, 5.74) is 3.30. The zero-order chi connectivity index (χ0) is 14.8. The molecule has 0 unspecified atom stereocenters. The van der Waals surface area contributed by atoms with E-state index in [4.69, 9.17) is 0 Å². The lowest BCUT2D eigenvalue weighted by Crippen LogP contribution is -2.31. The summed E-state index contributed by atoms with van der Waals surface area (Å²) in [6.07, 6.45) is 1.88. The molecule has 1 aliphatic rings. The van der Waals surface area contributed by atoms with Crippen LogP contribution in [0.25, 0.3) is 11.6 Å². The van der Waals surface area contributed by atoms with Crippen molar-refractivity contribution in [2.45, 2.75) is 6.92 Å². The summed E-state index contributed by atoms with van der Waals surface area (Å²) in [4.78, 5) is 25.6. The number of rotatable bonds is 3. The number of fused-ring (bicyclic) bond motifs is 1. The van der Waals surface area contributed by atoms with Gasteiger partial charge in [-0.15, -0.1) is 0 Å². The molecule has 0 spiro atoms. The maximum absolute atomic E-state index is 12.6. The highest BCUT2D eigenvalue weighted by molar-refractivity contribution is 6.36. The summed E-state index contributed by atoms with van der Waals surface area (Å²) >= 11 is 0. The van der Waals surface area contributed by atoms with Crippen molar-refractivity contribution in [1.82, 2.24) is 0 Å². The third kappa shape index (κ3) is 2.50. The number of ketones is 1. The maximum atomic E-state index is 12.6. The van der Waals surface area contributed by atoms with Crippen LogP contribution in [0.1, 0.15) is 18.1 Å². The average molecular weight is 277 g/mol. The van der Waals surface area contributed by atoms with Gasteiger partial charge in [0.25, 0.3) is 5.91 Å². The van der Waals surface area contributed by atoms with Crippen molar-refractivity contribution in [2.24, 2.45) is 0 Å². The minimum atomic E-state index is -0.116. The van der Waals surface area contributed by atoms with E-state index in [1.165, 1.54) is 6.92 Å². The molecule has 3 nitrogen and oxygen atoms in total. The predicted molar refractivity (Wildman–Crippen MR) is 83.8 cm³/mol. The van der Waals surface area contributed by atoms with Crippen LogP contribution in [0.4, 0.5) is 5.69 Å². The summed E-state index contributed by atoms with van der Waals surface area (Å²) in [5, 5.41) is 0. The third-order valence-electron chi connectivity index (χ3n) is 3.45. The summed E-state index contributed by atoms with van der Waals surface area (Å²) in [5.74, 6) is -0.144. The molecule has 0 aliphatic carbocycles. The molecule has 0 aromatic heterocycles. The van der Waals surface area contributed by atoms with Gasteiger partial charge in [0.05, 0.1) is 12.2 Å². The maximum Gasteiger partial charge on any atom is 0.259 e. The number of carbonyl (C=O) groups excluding carboxylic acids is 2. The molecular weight excluding hydrogens is 262 g/mol. The van der Waals surface area contributed by atoms with Crippen LogP contribution in [0.3, 0.4) is 0 Å². The number of hydrogen-bond acceptors (Lipinski definition) is 2. The van der Waals surface area contributed by atoms with Gasteiger partial charge in [-0.05, 0) is 24.6 Å². The van der Waals surface area contributed by atoms with Gasteiger partial charge < -0.3 is 4.90 Å². The molecular formula is C18H15NO2. The highest BCUT2D eigenvalue weighted by Crippen LogP contribution is 2.37. The van der Waals surface area contributed by atoms with Crippen molar-refractivity contribution in [2.75, 3.05) is 11.4 Å². The molecule has 1 heterocycles. The molecule has 2 aromatic carbocycles. The summed E-state index contributed by atoms with van der Waals surface area (Å²) in [7, 11) is 0. The van der Waals surface area contributed by atoms with E-state index in [1.54, 1.807) is 4.90 Å². The Hall–Kier alpha value is -2.68. The van der Waals surface area contributed by atoms with Crippen LogP contribution in [-0.4, -0.2) is 18.2 Å². The lowest BCUT2D eigenvalue weighted by atomic mass is 10.0. The molecule has 21 heavy (non-hydrogen) atoms. The van der Waals surface area contributed by atoms with E-state index < -0.39 is 0 Å². The average Bonchev–Trinajstić information content (AvgIpc) is 2.74. The minimum Gasteiger partial charge on any atom is -0.300 e. The van der Waals surface area contributed by atoms with Crippen LogP contribution in [0.2, 0.25) is 0 Å². The van der Waals surface area contributed by atoms with Crippen LogP contribution < -0.4 is 4.90 Å². The van der Waals surface area contributed by atoms with Gasteiger partial charge in [0.15, 0.2) is 0 Å². The van der Waals surface area contributed by atoms with E-state index >= 15 is 0 Å². The van der Waals surface area contributed by atoms with Crippen LogP contribution in [0, 0.1) is 0 Å². The van der Waals surface area contributed by atoms with E-state index in [1.807, 2.05) is 60.7 Å². The van der Waals surface area contributed by atoms with Crippen LogP contribution in [0.5, 0.6) is 0 Å². The first kappa shape index (κ1) is 13.3. The lowest BCUT2D eigenvalue weighted by molar-refractivity contribution is -0.118. The Kier molecular flexibility index (Phi) is 3.40. The topological polar surface area (TPSA) is 37.4 Å². The van der Waals surface area contributed by atoms with Gasteiger partial charge >= 0.3 is 0 Å². The smallest absolute Gasteiger partial charge is 0.259 e. The first-order valence-electron chi connectivity index (χ1n) is 6.84. The Morgan fingerprint density at radius 1 is 1.05 bits per heavy atom. The molecule has 0 saturated heterocycles. The molecule has 3 rings (SSSR count). The molecule has 0 atom stereocenters. The molecule has 0 saturated carbocycles. The van der Waals surface area contributed by atoms with Gasteiger partial charge in [0.1, 0.15) is 5.78 Å². The van der Waals surface area contributed by atoms with Crippen molar-refractivity contribution in [3.63, 3.8) is 0 Å². The van der Waals surface area contributed by atoms with Gasteiger partial charge in [-0.1, -0.05) is 48.5 Å². The molecule has 0 radical (unpaired) electrons.